The molecule has 0 bridgehead atoms. The van der Waals surface area contributed by atoms with E-state index in [1.807, 2.05) is 11.9 Å². The first-order chi connectivity index (χ1) is 8.76. The molecule has 1 aliphatic heterocycles. The van der Waals surface area contributed by atoms with Gasteiger partial charge < -0.3 is 10.2 Å². The number of aromatic nitrogens is 3. The topological polar surface area (TPSA) is 73.9 Å². The minimum Gasteiger partial charge on any atom is -0.332 e. The second-order valence-corrected chi connectivity index (χ2v) is 4.71. The van der Waals surface area contributed by atoms with E-state index in [1.165, 1.54) is 0 Å². The van der Waals surface area contributed by atoms with Crippen molar-refractivity contribution in [3.8, 4) is 0 Å². The van der Waals surface area contributed by atoms with Gasteiger partial charge in [0, 0.05) is 25.6 Å². The number of hydrogen-bond donors (Lipinski definition) is 2. The third-order valence-electron chi connectivity index (χ3n) is 3.29. The number of aryl methyl sites for hydroxylation is 1. The maximum atomic E-state index is 12.3. The Kier molecular flexibility index (Phi) is 4.30. The highest BCUT2D eigenvalue weighted by Gasteiger charge is 2.30. The van der Waals surface area contributed by atoms with Crippen molar-refractivity contribution in [2.24, 2.45) is 0 Å². The zero-order valence-corrected chi connectivity index (χ0v) is 11.1. The SMILES string of the molecule is CCCc1nc(C(=O)N2CCCC2CNC)n[nH]1. The summed E-state index contributed by atoms with van der Waals surface area (Å²) in [5, 5.41) is 9.99. The summed E-state index contributed by atoms with van der Waals surface area (Å²) in [6.07, 6.45) is 3.94. The molecule has 6 heteroatoms. The Labute approximate surface area is 107 Å². The zero-order chi connectivity index (χ0) is 13.0. The number of aromatic amines is 1. The molecule has 1 aromatic heterocycles. The molecule has 2 heterocycles. The monoisotopic (exact) mass is 251 g/mol. The maximum Gasteiger partial charge on any atom is 0.293 e. The zero-order valence-electron chi connectivity index (χ0n) is 11.1. The van der Waals surface area contributed by atoms with Gasteiger partial charge in [-0.1, -0.05) is 6.92 Å². The normalized spacial score (nSPS) is 19.4. The van der Waals surface area contributed by atoms with Gasteiger partial charge in [0.05, 0.1) is 0 Å². The van der Waals surface area contributed by atoms with Gasteiger partial charge in [0.2, 0.25) is 5.82 Å². The van der Waals surface area contributed by atoms with Crippen LogP contribution in [0.2, 0.25) is 0 Å². The van der Waals surface area contributed by atoms with Crippen LogP contribution in [0.15, 0.2) is 0 Å². The van der Waals surface area contributed by atoms with E-state index in [4.69, 9.17) is 0 Å². The first-order valence-electron chi connectivity index (χ1n) is 6.63. The summed E-state index contributed by atoms with van der Waals surface area (Å²) in [7, 11) is 1.91. The van der Waals surface area contributed by atoms with Crippen molar-refractivity contribution in [3.63, 3.8) is 0 Å². The van der Waals surface area contributed by atoms with Crippen LogP contribution in [0.4, 0.5) is 0 Å². The Morgan fingerprint density at radius 1 is 1.61 bits per heavy atom. The molecule has 0 radical (unpaired) electrons. The first-order valence-corrected chi connectivity index (χ1v) is 6.63. The van der Waals surface area contributed by atoms with Crippen molar-refractivity contribution in [2.75, 3.05) is 20.1 Å². The number of rotatable bonds is 5. The van der Waals surface area contributed by atoms with Crippen molar-refractivity contribution >= 4 is 5.91 Å². The van der Waals surface area contributed by atoms with Crippen molar-refractivity contribution in [1.29, 1.82) is 0 Å². The van der Waals surface area contributed by atoms with Gasteiger partial charge in [0.1, 0.15) is 5.82 Å². The quantitative estimate of drug-likeness (QED) is 0.803. The molecule has 6 nitrogen and oxygen atoms in total. The van der Waals surface area contributed by atoms with Gasteiger partial charge in [0.25, 0.3) is 5.91 Å². The second-order valence-electron chi connectivity index (χ2n) is 4.71. The van der Waals surface area contributed by atoms with Crippen molar-refractivity contribution in [2.45, 2.75) is 38.6 Å². The fourth-order valence-electron chi connectivity index (χ4n) is 2.42. The third kappa shape index (κ3) is 2.69. The number of carbonyl (C=O) groups excluding carboxylic acids is 1. The predicted octanol–water partition coefficient (Wildman–Crippen LogP) is 0.581. The van der Waals surface area contributed by atoms with E-state index in [-0.39, 0.29) is 11.9 Å². The molecule has 18 heavy (non-hydrogen) atoms. The van der Waals surface area contributed by atoms with Gasteiger partial charge in [-0.25, -0.2) is 4.98 Å². The van der Waals surface area contributed by atoms with Crippen LogP contribution in [-0.4, -0.2) is 52.2 Å². The second kappa shape index (κ2) is 5.95. The van der Waals surface area contributed by atoms with E-state index in [0.29, 0.717) is 5.82 Å². The lowest BCUT2D eigenvalue weighted by atomic mass is 10.2. The lowest BCUT2D eigenvalue weighted by molar-refractivity contribution is 0.0725. The standard InChI is InChI=1S/C12H21N5O/c1-3-5-10-14-11(16-15-10)12(18)17-7-4-6-9(17)8-13-2/h9,13H,3-8H2,1-2H3,(H,14,15,16). The summed E-state index contributed by atoms with van der Waals surface area (Å²) < 4.78 is 0. The van der Waals surface area contributed by atoms with Crippen LogP contribution in [0.5, 0.6) is 0 Å². The Morgan fingerprint density at radius 3 is 3.17 bits per heavy atom. The molecule has 1 amide bonds. The molecule has 1 unspecified atom stereocenters. The average Bonchev–Trinajstić information content (AvgIpc) is 2.98. The first kappa shape index (κ1) is 13.0. The van der Waals surface area contributed by atoms with Gasteiger partial charge in [-0.15, -0.1) is 5.10 Å². The number of hydrogen-bond acceptors (Lipinski definition) is 4. The van der Waals surface area contributed by atoms with E-state index < -0.39 is 0 Å². The third-order valence-corrected chi connectivity index (χ3v) is 3.29. The molecule has 0 aromatic carbocycles. The van der Waals surface area contributed by atoms with Crippen LogP contribution in [0.3, 0.4) is 0 Å². The number of likely N-dealkylation sites (tertiary alicyclic amines) is 1. The molecule has 1 aromatic rings. The van der Waals surface area contributed by atoms with Crippen molar-refractivity contribution < 1.29 is 4.79 Å². The van der Waals surface area contributed by atoms with Gasteiger partial charge in [-0.3, -0.25) is 9.89 Å². The van der Waals surface area contributed by atoms with Crippen LogP contribution in [0.1, 0.15) is 42.6 Å². The Balaban J connectivity index is 2.05. The fourth-order valence-corrected chi connectivity index (χ4v) is 2.42. The van der Waals surface area contributed by atoms with Crippen LogP contribution >= 0.6 is 0 Å². The summed E-state index contributed by atoms with van der Waals surface area (Å²) in [5.41, 5.74) is 0. The molecule has 2 rings (SSSR count). The molecule has 1 saturated heterocycles. The van der Waals surface area contributed by atoms with Gasteiger partial charge in [-0.05, 0) is 26.3 Å². The van der Waals surface area contributed by atoms with Crippen LogP contribution in [-0.2, 0) is 6.42 Å². The van der Waals surface area contributed by atoms with E-state index in [2.05, 4.69) is 27.4 Å². The number of nitrogens with one attached hydrogen (secondary N) is 2. The number of carbonyl (C=O) groups is 1. The highest BCUT2D eigenvalue weighted by Crippen LogP contribution is 2.18. The maximum absolute atomic E-state index is 12.3. The molecule has 100 valence electrons. The smallest absolute Gasteiger partial charge is 0.293 e. The van der Waals surface area contributed by atoms with E-state index >= 15 is 0 Å². The molecule has 0 aliphatic carbocycles. The fraction of sp³-hybridized carbons (Fsp3) is 0.750. The number of nitrogens with zero attached hydrogens (tertiary/aromatic N) is 3. The summed E-state index contributed by atoms with van der Waals surface area (Å²) in [4.78, 5) is 18.4. The average molecular weight is 251 g/mol. The van der Waals surface area contributed by atoms with Crippen molar-refractivity contribution in [1.82, 2.24) is 25.4 Å². The minimum atomic E-state index is -0.0497. The Bertz CT molecular complexity index is 403. The highest BCUT2D eigenvalue weighted by atomic mass is 16.2. The van der Waals surface area contributed by atoms with Crippen molar-refractivity contribution in [3.05, 3.63) is 11.6 Å². The number of amides is 1. The predicted molar refractivity (Wildman–Crippen MR) is 68.4 cm³/mol. The molecule has 1 fully saturated rings. The Morgan fingerprint density at radius 2 is 2.44 bits per heavy atom. The molecule has 0 spiro atoms. The summed E-state index contributed by atoms with van der Waals surface area (Å²) in [6.45, 7) is 3.72. The molecule has 2 N–H and O–H groups in total. The summed E-state index contributed by atoms with van der Waals surface area (Å²) in [6, 6.07) is 0.274. The summed E-state index contributed by atoms with van der Waals surface area (Å²) in [5.74, 6) is 1.05. The number of H-pyrrole nitrogens is 1. The molecular formula is C12H21N5O. The minimum absolute atomic E-state index is 0.0497. The molecule has 1 atom stereocenters. The molecule has 1 aliphatic rings. The largest absolute Gasteiger partial charge is 0.332 e. The van der Waals surface area contributed by atoms with Crippen LogP contribution < -0.4 is 5.32 Å². The van der Waals surface area contributed by atoms with E-state index in [1.54, 1.807) is 0 Å². The number of likely N-dealkylation sites (N-methyl/N-ethyl adjacent to an activating group) is 1. The highest BCUT2D eigenvalue weighted by molar-refractivity contribution is 5.90. The molecular weight excluding hydrogens is 230 g/mol. The Hall–Kier alpha value is -1.43. The lowest BCUT2D eigenvalue weighted by Crippen LogP contribution is -2.41. The van der Waals surface area contributed by atoms with E-state index in [0.717, 1.165) is 44.6 Å². The van der Waals surface area contributed by atoms with Crippen LogP contribution in [0, 0.1) is 0 Å². The summed E-state index contributed by atoms with van der Waals surface area (Å²) >= 11 is 0. The van der Waals surface area contributed by atoms with E-state index in [9.17, 15) is 4.79 Å². The molecule has 0 saturated carbocycles. The van der Waals surface area contributed by atoms with Gasteiger partial charge >= 0.3 is 0 Å². The van der Waals surface area contributed by atoms with Gasteiger partial charge in [-0.2, -0.15) is 0 Å². The van der Waals surface area contributed by atoms with Crippen LogP contribution in [0.25, 0.3) is 0 Å². The lowest BCUT2D eigenvalue weighted by Gasteiger charge is -2.23. The van der Waals surface area contributed by atoms with Gasteiger partial charge in [0.15, 0.2) is 0 Å².